The predicted octanol–water partition coefficient (Wildman–Crippen LogP) is 4.35. The zero-order valence-corrected chi connectivity index (χ0v) is 18.2. The molecule has 2 atom stereocenters. The third-order valence-electron chi connectivity index (χ3n) is 6.10. The number of para-hydroxylation sites is 1. The van der Waals surface area contributed by atoms with Crippen molar-refractivity contribution >= 4 is 23.1 Å². The fourth-order valence-corrected chi connectivity index (χ4v) is 4.56. The number of nitrogens with zero attached hydrogens (tertiary/aromatic N) is 4. The molecule has 5 rings (SSSR count). The molecule has 3 aromatic rings. The van der Waals surface area contributed by atoms with Gasteiger partial charge in [-0.3, -0.25) is 0 Å². The van der Waals surface area contributed by atoms with Crippen LogP contribution in [0, 0.1) is 11.6 Å². The Bertz CT molecular complexity index is 1250. The van der Waals surface area contributed by atoms with Gasteiger partial charge in [0.1, 0.15) is 11.6 Å². The average molecular weight is 496 g/mol. The smallest absolute Gasteiger partial charge is 0.263 e. The van der Waals surface area contributed by atoms with Crippen molar-refractivity contribution < 1.29 is 27.4 Å². The number of aromatic nitrogens is 3. The lowest BCUT2D eigenvalue weighted by Crippen LogP contribution is -2.57. The van der Waals surface area contributed by atoms with Crippen LogP contribution in [0.4, 0.5) is 29.1 Å². The summed E-state index contributed by atoms with van der Waals surface area (Å²) in [5.41, 5.74) is -0.729. The van der Waals surface area contributed by atoms with Gasteiger partial charge in [0, 0.05) is 30.6 Å². The lowest BCUT2D eigenvalue weighted by Gasteiger charge is -2.43. The summed E-state index contributed by atoms with van der Waals surface area (Å²) in [6.45, 7) is -0.143. The first-order valence-electron chi connectivity index (χ1n) is 10.3. The second-order valence-electron chi connectivity index (χ2n) is 8.18. The first kappa shape index (κ1) is 22.5. The highest BCUT2D eigenvalue weighted by Gasteiger charge is 2.56. The van der Waals surface area contributed by atoms with E-state index in [9.17, 15) is 22.7 Å². The molecule has 0 bridgehead atoms. The summed E-state index contributed by atoms with van der Waals surface area (Å²) in [7, 11) is 0. The number of ether oxygens (including phenoxy) is 1. The van der Waals surface area contributed by atoms with E-state index in [0.717, 1.165) is 6.07 Å². The zero-order valence-electron chi connectivity index (χ0n) is 17.5. The van der Waals surface area contributed by atoms with Gasteiger partial charge in [-0.05, 0) is 29.8 Å². The van der Waals surface area contributed by atoms with Gasteiger partial charge in [0.15, 0.2) is 23.2 Å². The van der Waals surface area contributed by atoms with Crippen LogP contribution in [0.15, 0.2) is 36.5 Å². The lowest BCUT2D eigenvalue weighted by molar-refractivity contribution is 0.0525. The Morgan fingerprint density at radius 3 is 2.79 bits per heavy atom. The molecule has 0 spiro atoms. The van der Waals surface area contributed by atoms with E-state index < -0.39 is 35.5 Å². The van der Waals surface area contributed by atoms with Crippen molar-refractivity contribution in [3.8, 4) is 22.9 Å². The highest BCUT2D eigenvalue weighted by molar-refractivity contribution is 6.17. The van der Waals surface area contributed by atoms with Crippen molar-refractivity contribution in [2.75, 3.05) is 23.3 Å². The summed E-state index contributed by atoms with van der Waals surface area (Å²) in [5, 5.41) is 21.0. The van der Waals surface area contributed by atoms with Gasteiger partial charge < -0.3 is 20.1 Å². The summed E-state index contributed by atoms with van der Waals surface area (Å²) in [4.78, 5) is 5.38. The van der Waals surface area contributed by atoms with Gasteiger partial charge in [-0.2, -0.15) is 0 Å². The van der Waals surface area contributed by atoms with Gasteiger partial charge in [0.05, 0.1) is 17.9 Å². The molecule has 2 aromatic heterocycles. The van der Waals surface area contributed by atoms with E-state index in [1.165, 1.54) is 35.4 Å². The number of phenols is 1. The fraction of sp³-hybridized carbons (Fsp3) is 0.318. The Hall–Kier alpha value is -3.34. The van der Waals surface area contributed by atoms with Crippen LogP contribution in [-0.4, -0.2) is 51.4 Å². The van der Waals surface area contributed by atoms with E-state index in [2.05, 4.69) is 20.5 Å². The molecule has 2 aliphatic rings. The molecule has 0 unspecified atom stereocenters. The van der Waals surface area contributed by atoms with Gasteiger partial charge in [-0.25, -0.2) is 22.5 Å². The number of fused-ring (bicyclic) bond motifs is 3. The number of rotatable bonds is 5. The van der Waals surface area contributed by atoms with Crippen molar-refractivity contribution in [3.05, 3.63) is 53.7 Å². The predicted molar refractivity (Wildman–Crippen MR) is 116 cm³/mol. The van der Waals surface area contributed by atoms with E-state index in [0.29, 0.717) is 5.56 Å². The summed E-state index contributed by atoms with van der Waals surface area (Å²) < 4.78 is 62.7. The van der Waals surface area contributed by atoms with Crippen LogP contribution in [0.5, 0.6) is 11.6 Å². The molecule has 34 heavy (non-hydrogen) atoms. The summed E-state index contributed by atoms with van der Waals surface area (Å²) in [6, 6.07) is 6.56. The van der Waals surface area contributed by atoms with Crippen molar-refractivity contribution in [1.82, 2.24) is 15.2 Å². The molecule has 4 heterocycles. The fourth-order valence-electron chi connectivity index (χ4n) is 4.41. The second kappa shape index (κ2) is 8.46. The number of nitrogens with one attached hydrogen (secondary N) is 1. The molecular formula is C22H18ClF4N5O2. The van der Waals surface area contributed by atoms with Crippen LogP contribution in [0.1, 0.15) is 12.0 Å². The number of pyridine rings is 1. The van der Waals surface area contributed by atoms with Crippen molar-refractivity contribution in [2.24, 2.45) is 0 Å². The van der Waals surface area contributed by atoms with Gasteiger partial charge in [-0.1, -0.05) is 6.07 Å². The maximum Gasteiger partial charge on any atom is 0.263 e. The largest absolute Gasteiger partial charge is 0.504 e. The summed E-state index contributed by atoms with van der Waals surface area (Å²) >= 11 is 5.69. The minimum Gasteiger partial charge on any atom is -0.504 e. The van der Waals surface area contributed by atoms with Crippen LogP contribution < -0.4 is 15.0 Å². The minimum absolute atomic E-state index is 0.00232. The van der Waals surface area contributed by atoms with Crippen molar-refractivity contribution in [1.29, 1.82) is 0 Å². The molecule has 1 aromatic carbocycles. The molecule has 2 aliphatic heterocycles. The first-order valence-corrected chi connectivity index (χ1v) is 10.9. The van der Waals surface area contributed by atoms with Crippen molar-refractivity contribution in [3.63, 3.8) is 0 Å². The molecule has 0 radical (unpaired) electrons. The molecule has 1 saturated heterocycles. The zero-order chi connectivity index (χ0) is 24.0. The van der Waals surface area contributed by atoms with Gasteiger partial charge >= 0.3 is 0 Å². The first-order chi connectivity index (χ1) is 16.3. The van der Waals surface area contributed by atoms with E-state index in [4.69, 9.17) is 16.3 Å². The van der Waals surface area contributed by atoms with Gasteiger partial charge in [0.25, 0.3) is 12.3 Å². The summed E-state index contributed by atoms with van der Waals surface area (Å²) in [5.74, 6) is -2.17. The maximum absolute atomic E-state index is 14.4. The van der Waals surface area contributed by atoms with Crippen LogP contribution in [0.25, 0.3) is 11.3 Å². The highest BCUT2D eigenvalue weighted by atomic mass is 35.5. The van der Waals surface area contributed by atoms with Gasteiger partial charge in [0.2, 0.25) is 0 Å². The van der Waals surface area contributed by atoms with Crippen LogP contribution in [0.2, 0.25) is 0 Å². The third kappa shape index (κ3) is 3.64. The van der Waals surface area contributed by atoms with Crippen LogP contribution >= 0.6 is 11.6 Å². The topological polar surface area (TPSA) is 83.4 Å². The Morgan fingerprint density at radius 1 is 1.24 bits per heavy atom. The molecule has 7 nitrogen and oxygen atoms in total. The Balaban J connectivity index is 1.50. The van der Waals surface area contributed by atoms with E-state index >= 15 is 0 Å². The number of aromatic hydroxyl groups is 1. The Morgan fingerprint density at radius 2 is 2.06 bits per heavy atom. The van der Waals surface area contributed by atoms with Crippen LogP contribution in [0.3, 0.4) is 0 Å². The number of hydrogen-bond acceptors (Lipinski definition) is 7. The average Bonchev–Trinajstić information content (AvgIpc) is 3.22. The highest BCUT2D eigenvalue weighted by Crippen LogP contribution is 2.46. The molecule has 0 aliphatic carbocycles. The number of halogens is 5. The molecule has 178 valence electrons. The molecule has 2 N–H and O–H groups in total. The van der Waals surface area contributed by atoms with Gasteiger partial charge in [-0.15, -0.1) is 21.8 Å². The van der Waals surface area contributed by atoms with E-state index in [1.807, 2.05) is 0 Å². The van der Waals surface area contributed by atoms with E-state index in [-0.39, 0.29) is 54.0 Å². The number of anilines is 2. The normalized spacial score (nSPS) is 21.2. The number of alkyl halides is 3. The SMILES string of the molecule is Oc1c(F)cccc1-c1cc2c(nn1)NC[C@@]1(C(F)F)C[C@@H](Oc3ncc(CCl)cc3F)CN21. The van der Waals surface area contributed by atoms with E-state index in [1.54, 1.807) is 0 Å². The van der Waals surface area contributed by atoms with Crippen molar-refractivity contribution in [2.45, 2.75) is 30.4 Å². The second-order valence-corrected chi connectivity index (χ2v) is 8.44. The molecular weight excluding hydrogens is 478 g/mol. The van der Waals surface area contributed by atoms with Crippen LogP contribution in [-0.2, 0) is 5.88 Å². The molecule has 12 heteroatoms. The lowest BCUT2D eigenvalue weighted by atomic mass is 9.93. The Labute approximate surface area is 196 Å². The molecule has 0 amide bonds. The third-order valence-corrected chi connectivity index (χ3v) is 6.41. The quantitative estimate of drug-likeness (QED) is 0.402. The minimum atomic E-state index is -2.78. The molecule has 0 saturated carbocycles. The molecule has 1 fully saturated rings. The standard InChI is InChI=1S/C22H18ClF4N5O2/c23-7-11-4-15(25)20(28-8-11)34-12-6-22(21(26)27)10-29-19-17(32(22)9-12)5-16(30-31-19)13-2-1-3-14(24)18(13)33/h1-5,8,12,21,33H,6-7,9-10H2,(H,29,31)/t12-,22-/m1/s1. The summed E-state index contributed by atoms with van der Waals surface area (Å²) in [6.07, 6.45) is -2.33. The monoisotopic (exact) mass is 495 g/mol. The number of hydrogen-bond donors (Lipinski definition) is 2. The Kier molecular flexibility index (Phi) is 5.59. The maximum atomic E-state index is 14.4. The number of phenolic OH excluding ortho intramolecular Hbond substituents is 1. The number of benzene rings is 1.